The van der Waals surface area contributed by atoms with Crippen LogP contribution in [0.4, 0.5) is 14.9 Å². The van der Waals surface area contributed by atoms with E-state index >= 15 is 4.39 Å². The van der Waals surface area contributed by atoms with Gasteiger partial charge in [-0.25, -0.2) is 19.0 Å². The quantitative estimate of drug-likeness (QED) is 0.0533. The maximum absolute atomic E-state index is 15.3. The number of fused-ring (bicyclic) bond motifs is 5. The van der Waals surface area contributed by atoms with Crippen LogP contribution in [0.15, 0.2) is 46.2 Å². The fourth-order valence-electron chi connectivity index (χ4n) is 9.68. The third-order valence-electron chi connectivity index (χ3n) is 13.6. The van der Waals surface area contributed by atoms with Crippen molar-refractivity contribution in [1.29, 1.82) is 0 Å². The fraction of sp³-hybridized carbons (Fsp3) is 0.462. The van der Waals surface area contributed by atoms with Crippen LogP contribution in [0.25, 0.3) is 22.3 Å². The number of hydrogen-bond donors (Lipinski definition) is 4. The molecule has 1 fully saturated rings. The molecular formula is C52H58FN7O11S. The van der Waals surface area contributed by atoms with Crippen molar-refractivity contribution in [3.05, 3.63) is 91.5 Å². The lowest BCUT2D eigenvalue weighted by Crippen LogP contribution is -2.53. The summed E-state index contributed by atoms with van der Waals surface area (Å²) in [7, 11) is 0. The predicted molar refractivity (Wildman–Crippen MR) is 265 cm³/mol. The monoisotopic (exact) mass is 1010 g/mol. The molecule has 4 aliphatic rings. The zero-order valence-corrected chi connectivity index (χ0v) is 42.1. The van der Waals surface area contributed by atoms with Crippen LogP contribution in [0.2, 0.25) is 0 Å². The molecule has 4 atom stereocenters. The Morgan fingerprint density at radius 3 is 2.42 bits per heavy atom. The molecule has 0 radical (unpaired) electrons. The maximum Gasteiger partial charge on any atom is 0.434 e. The minimum Gasteiger partial charge on any atom is -0.458 e. The summed E-state index contributed by atoms with van der Waals surface area (Å²) in [6.07, 6.45) is 1.78. The predicted octanol–water partition coefficient (Wildman–Crippen LogP) is 5.62. The molecule has 1 unspecified atom stereocenters. The number of likely N-dealkylation sites (tertiary alicyclic amines) is 1. The van der Waals surface area contributed by atoms with E-state index in [2.05, 4.69) is 20.9 Å². The molecule has 4 aromatic rings. The number of halogens is 1. The Morgan fingerprint density at radius 2 is 1.71 bits per heavy atom. The molecule has 8 rings (SSSR count). The lowest BCUT2D eigenvalue weighted by Gasteiger charge is -2.29. The number of anilines is 1. The first-order valence-electron chi connectivity index (χ1n) is 24.2. The zero-order valence-electron chi connectivity index (χ0n) is 41.2. The number of unbranched alkanes of at least 4 members (excludes halogenated alkanes) is 2. The van der Waals surface area contributed by atoms with Crippen molar-refractivity contribution in [2.24, 2.45) is 10.9 Å². The Morgan fingerprint density at radius 1 is 0.972 bits per heavy atom. The van der Waals surface area contributed by atoms with Crippen LogP contribution in [-0.2, 0) is 70.0 Å². The molecule has 1 aliphatic carbocycles. The number of hydrogen-bond acceptors (Lipinski definition) is 13. The van der Waals surface area contributed by atoms with Crippen molar-refractivity contribution in [3.63, 3.8) is 0 Å². The van der Waals surface area contributed by atoms with Gasteiger partial charge in [-0.15, -0.1) is 11.8 Å². The van der Waals surface area contributed by atoms with Crippen LogP contribution in [0.1, 0.15) is 119 Å². The van der Waals surface area contributed by atoms with E-state index in [1.165, 1.54) is 47.2 Å². The average molecular weight is 1010 g/mol. The van der Waals surface area contributed by atoms with Gasteiger partial charge in [0, 0.05) is 53.2 Å². The topological polar surface area (TPSA) is 245 Å². The molecule has 380 valence electrons. The second-order valence-corrected chi connectivity index (χ2v) is 21.3. The summed E-state index contributed by atoms with van der Waals surface area (Å²) < 4.78 is 27.5. The number of carbonyl (C=O) groups excluding carboxylic acids is 7. The van der Waals surface area contributed by atoms with Crippen molar-refractivity contribution in [2.75, 3.05) is 11.9 Å². The molecule has 3 aliphatic heterocycles. The molecule has 0 saturated carbocycles. The highest BCUT2D eigenvalue weighted by Gasteiger charge is 2.44. The van der Waals surface area contributed by atoms with Gasteiger partial charge in [0.05, 0.1) is 40.0 Å². The zero-order chi connectivity index (χ0) is 51.9. The lowest BCUT2D eigenvalue weighted by atomic mass is 9.83. The number of rotatable bonds is 16. The van der Waals surface area contributed by atoms with E-state index in [0.29, 0.717) is 93.7 Å². The van der Waals surface area contributed by atoms with Crippen molar-refractivity contribution >= 4 is 75.7 Å². The van der Waals surface area contributed by atoms with E-state index in [0.717, 1.165) is 0 Å². The van der Waals surface area contributed by atoms with Crippen molar-refractivity contribution in [1.82, 2.24) is 25.1 Å². The number of aliphatic imine (C=N–C) groups is 1. The maximum atomic E-state index is 15.3. The number of esters is 1. The molecular weight excluding hydrogens is 950 g/mol. The van der Waals surface area contributed by atoms with E-state index in [4.69, 9.17) is 14.5 Å². The largest absolute Gasteiger partial charge is 0.458 e. The molecule has 2 aromatic carbocycles. The first-order valence-corrected chi connectivity index (χ1v) is 25.1. The Labute approximate surface area is 418 Å². The number of ether oxygens (including phenoxy) is 2. The molecule has 2 aromatic heterocycles. The Kier molecular flexibility index (Phi) is 14.8. The molecule has 4 N–H and O–H groups in total. The van der Waals surface area contributed by atoms with Gasteiger partial charge in [0.1, 0.15) is 31.1 Å². The summed E-state index contributed by atoms with van der Waals surface area (Å²) >= 11 is 1.49. The number of cyclic esters (lactones) is 1. The van der Waals surface area contributed by atoms with Crippen LogP contribution < -0.4 is 21.5 Å². The number of aromatic nitrogens is 2. The van der Waals surface area contributed by atoms with Gasteiger partial charge in [0.2, 0.25) is 29.5 Å². The molecule has 18 nitrogen and oxygen atoms in total. The highest BCUT2D eigenvalue weighted by molar-refractivity contribution is 8.01. The number of carbonyl (C=O) groups is 7. The lowest BCUT2D eigenvalue weighted by molar-refractivity contribution is -0.169. The summed E-state index contributed by atoms with van der Waals surface area (Å²) in [5.41, 5.74) is 2.24. The molecule has 5 heterocycles. The molecule has 72 heavy (non-hydrogen) atoms. The van der Waals surface area contributed by atoms with Crippen molar-refractivity contribution < 1.29 is 52.5 Å². The van der Waals surface area contributed by atoms with Gasteiger partial charge in [-0.1, -0.05) is 46.2 Å². The summed E-state index contributed by atoms with van der Waals surface area (Å²) in [6, 6.07) is 7.49. The number of aryl methyl sites for hydroxylation is 1. The van der Waals surface area contributed by atoms with Crippen LogP contribution in [0.3, 0.4) is 0 Å². The number of amides is 6. The number of aliphatic hydroxyl groups is 1. The minimum atomic E-state index is -2.08. The van der Waals surface area contributed by atoms with E-state index in [-0.39, 0.29) is 84.3 Å². The van der Waals surface area contributed by atoms with Gasteiger partial charge >= 0.3 is 12.1 Å². The van der Waals surface area contributed by atoms with E-state index < -0.39 is 52.9 Å². The first kappa shape index (κ1) is 51.6. The van der Waals surface area contributed by atoms with E-state index in [1.54, 1.807) is 45.0 Å². The summed E-state index contributed by atoms with van der Waals surface area (Å²) in [5, 5.41) is 19.8. The van der Waals surface area contributed by atoms with Crippen LogP contribution in [-0.4, -0.2) is 96.0 Å². The summed E-state index contributed by atoms with van der Waals surface area (Å²) in [5.74, 6) is -3.33. The van der Waals surface area contributed by atoms with Crippen LogP contribution >= 0.6 is 11.8 Å². The first-order chi connectivity index (χ1) is 34.1. The number of benzene rings is 2. The standard InChI is InChI=1S/C52H58FN7O11S/c1-25(2)44(58-40(61)11-9-8-10-18-59-41(62)21-39(49(59)66)72-26(3)4)47(64)54-28(6)46(63)55-30-14-12-29(13-15-30)23-71-51(68)57-36-17-16-31-27(5)35(53)20-37-42(31)43(36)32-22-60-38(45(32)56-37)19-34-33(48(60)65)24-70-50(67)52(34,7)69/h12-15,19-20,25-26,28,39,44,69H,8-11,16-18,21-24H2,1-7H3,(H,54,64)(H,55,63)(H,58,61)/b57-36+/t28-,39?,44-,52-/m0/s1. The van der Waals surface area contributed by atoms with Gasteiger partial charge in [-0.2, -0.15) is 4.99 Å². The van der Waals surface area contributed by atoms with Gasteiger partial charge in [-0.05, 0) is 92.5 Å². The second-order valence-electron chi connectivity index (χ2n) is 19.5. The molecule has 6 amide bonds. The van der Waals surface area contributed by atoms with E-state index in [1.807, 2.05) is 13.8 Å². The van der Waals surface area contributed by atoms with Crippen molar-refractivity contribution in [3.8, 4) is 11.4 Å². The van der Waals surface area contributed by atoms with Crippen LogP contribution in [0.5, 0.6) is 0 Å². The molecule has 0 spiro atoms. The Bertz CT molecular complexity index is 3020. The Hall–Kier alpha value is -6.80. The van der Waals surface area contributed by atoms with Gasteiger partial charge in [0.25, 0.3) is 5.56 Å². The molecule has 1 saturated heterocycles. The number of thioether (sulfide) groups is 1. The van der Waals surface area contributed by atoms with Crippen molar-refractivity contribution in [2.45, 2.75) is 141 Å². The number of nitrogens with zero attached hydrogens (tertiary/aromatic N) is 4. The van der Waals surface area contributed by atoms with E-state index in [9.17, 15) is 43.5 Å². The minimum absolute atomic E-state index is 0.0391. The normalized spacial score (nSPS) is 19.3. The average Bonchev–Trinajstić information content (AvgIpc) is 3.82. The number of nitrogens with one attached hydrogen (secondary N) is 3. The van der Waals surface area contributed by atoms with Gasteiger partial charge < -0.3 is 35.1 Å². The third-order valence-corrected chi connectivity index (χ3v) is 14.8. The SMILES string of the molecule is Cc1c(F)cc2nc3c(c4c2c1CC/C4=N\C(=O)OCc1ccc(NC(=O)[C@H](C)NC(=O)[C@@H](NC(=O)CCCCCN2C(=O)CC(SC(C)C)C2=O)C(C)C)cc1)Cn1c-3cc2c(c1=O)COC(=O)[C@@]2(C)O. The molecule has 0 bridgehead atoms. The van der Waals surface area contributed by atoms with Crippen LogP contribution in [0, 0.1) is 18.7 Å². The number of imide groups is 1. The Balaban J connectivity index is 0.852. The smallest absolute Gasteiger partial charge is 0.434 e. The fourth-order valence-corrected chi connectivity index (χ4v) is 10.8. The highest BCUT2D eigenvalue weighted by atomic mass is 32.2. The number of pyridine rings is 2. The highest BCUT2D eigenvalue weighted by Crippen LogP contribution is 2.43. The molecule has 20 heteroatoms. The summed E-state index contributed by atoms with van der Waals surface area (Å²) in [6.45, 7) is 11.9. The van der Waals surface area contributed by atoms with Gasteiger partial charge in [0.15, 0.2) is 5.60 Å². The van der Waals surface area contributed by atoms with Gasteiger partial charge in [-0.3, -0.25) is 33.7 Å². The third kappa shape index (κ3) is 10.3. The summed E-state index contributed by atoms with van der Waals surface area (Å²) in [4.78, 5) is 115. The second kappa shape index (κ2) is 20.7.